The Hall–Kier alpha value is -4.45. The number of nitrogens with one attached hydrogen (secondary N) is 2. The van der Waals surface area contributed by atoms with Crippen LogP contribution >= 0.6 is 0 Å². The van der Waals surface area contributed by atoms with E-state index < -0.39 is 48.1 Å². The molecule has 2 aromatic rings. The third-order valence-electron chi connectivity index (χ3n) is 7.94. The second kappa shape index (κ2) is 12.8. The standard InChI is InChI=1S/C31H36N4O8/c1-18-14-21(15-19(2)27(18)41-3)28(38)32-22-11-12-25(36)34-13-7-10-24(35(34)30(22)40)29(39)33-23-16-26(37)43-31(23)42-17-20-8-5-4-6-9-20/h4-6,8-9,14-15,22-24,31H,7,10-13,16-17H2,1-3H3,(H,32,38)(H,33,39)/t22-,23-,24-,31?/m0/s1. The number of carbonyl (C=O) groups excluding carboxylic acids is 5. The number of ether oxygens (including phenoxy) is 3. The SMILES string of the molecule is COc1c(C)cc(C(=O)N[C@H]2CCC(=O)N3CCC[C@@H](C(=O)N[C@H]4CC(=O)OC4OCc4ccccc4)N3C2=O)cc1C. The van der Waals surface area contributed by atoms with Gasteiger partial charge in [-0.3, -0.25) is 29.0 Å². The minimum atomic E-state index is -1.02. The summed E-state index contributed by atoms with van der Waals surface area (Å²) in [6.07, 6.45) is -0.157. The van der Waals surface area contributed by atoms with Crippen molar-refractivity contribution in [2.75, 3.05) is 13.7 Å². The molecule has 3 saturated heterocycles. The average Bonchev–Trinajstić information content (AvgIpc) is 3.29. The third kappa shape index (κ3) is 6.48. The van der Waals surface area contributed by atoms with Gasteiger partial charge in [0.15, 0.2) is 0 Å². The van der Waals surface area contributed by atoms with Crippen LogP contribution in [0.5, 0.6) is 5.75 Å². The molecule has 1 unspecified atom stereocenters. The number of esters is 1. The molecule has 4 atom stereocenters. The van der Waals surface area contributed by atoms with Gasteiger partial charge in [-0.25, -0.2) is 5.01 Å². The molecule has 3 heterocycles. The van der Waals surface area contributed by atoms with E-state index in [4.69, 9.17) is 14.2 Å². The first-order valence-electron chi connectivity index (χ1n) is 14.4. The molecule has 3 aliphatic rings. The fourth-order valence-corrected chi connectivity index (χ4v) is 5.89. The molecule has 0 radical (unpaired) electrons. The molecule has 2 aromatic carbocycles. The van der Waals surface area contributed by atoms with Gasteiger partial charge in [-0.05, 0) is 61.9 Å². The number of hydrazine groups is 1. The molecule has 43 heavy (non-hydrogen) atoms. The van der Waals surface area contributed by atoms with E-state index in [0.717, 1.165) is 16.7 Å². The number of hydrogen-bond acceptors (Lipinski definition) is 8. The van der Waals surface area contributed by atoms with Crippen LogP contribution < -0.4 is 15.4 Å². The molecule has 3 aliphatic heterocycles. The van der Waals surface area contributed by atoms with E-state index in [2.05, 4.69) is 10.6 Å². The summed E-state index contributed by atoms with van der Waals surface area (Å²) in [7, 11) is 1.56. The van der Waals surface area contributed by atoms with Crippen LogP contribution in [0.1, 0.15) is 59.2 Å². The van der Waals surface area contributed by atoms with Crippen molar-refractivity contribution in [2.45, 2.75) is 77.0 Å². The Kier molecular flexibility index (Phi) is 8.95. The maximum absolute atomic E-state index is 13.9. The number of benzene rings is 2. The first-order chi connectivity index (χ1) is 20.7. The summed E-state index contributed by atoms with van der Waals surface area (Å²) in [6.45, 7) is 4.11. The Balaban J connectivity index is 1.30. The second-order valence-corrected chi connectivity index (χ2v) is 11.0. The number of methoxy groups -OCH3 is 1. The molecule has 12 heteroatoms. The highest BCUT2D eigenvalue weighted by Gasteiger charge is 2.46. The lowest BCUT2D eigenvalue weighted by Crippen LogP contribution is -2.64. The highest BCUT2D eigenvalue weighted by atomic mass is 16.7. The minimum absolute atomic E-state index is 0.0303. The molecule has 0 aromatic heterocycles. The van der Waals surface area contributed by atoms with Crippen molar-refractivity contribution in [3.63, 3.8) is 0 Å². The smallest absolute Gasteiger partial charge is 0.310 e. The largest absolute Gasteiger partial charge is 0.496 e. The Morgan fingerprint density at radius 1 is 1.02 bits per heavy atom. The average molecular weight is 593 g/mol. The fourth-order valence-electron chi connectivity index (χ4n) is 5.89. The van der Waals surface area contributed by atoms with Crippen molar-refractivity contribution < 1.29 is 38.2 Å². The molecule has 0 spiro atoms. The number of cyclic esters (lactones) is 1. The van der Waals surface area contributed by atoms with Crippen LogP contribution in [0.4, 0.5) is 0 Å². The highest BCUT2D eigenvalue weighted by molar-refractivity contribution is 6.00. The quantitative estimate of drug-likeness (QED) is 0.443. The summed E-state index contributed by atoms with van der Waals surface area (Å²) in [5.41, 5.74) is 2.78. The maximum atomic E-state index is 13.9. The molecular weight excluding hydrogens is 556 g/mol. The number of hydrogen-bond donors (Lipinski definition) is 2. The molecule has 12 nitrogen and oxygen atoms in total. The van der Waals surface area contributed by atoms with Gasteiger partial charge < -0.3 is 24.8 Å². The van der Waals surface area contributed by atoms with Crippen molar-refractivity contribution in [3.05, 3.63) is 64.7 Å². The molecule has 3 fully saturated rings. The first-order valence-corrected chi connectivity index (χ1v) is 14.4. The van der Waals surface area contributed by atoms with Gasteiger partial charge in [0.05, 0.1) is 20.1 Å². The normalized spacial score (nSPS) is 23.7. The lowest BCUT2D eigenvalue weighted by Gasteiger charge is -2.43. The second-order valence-electron chi connectivity index (χ2n) is 11.0. The van der Waals surface area contributed by atoms with E-state index in [1.807, 2.05) is 44.2 Å². The van der Waals surface area contributed by atoms with E-state index in [-0.39, 0.29) is 38.3 Å². The summed E-state index contributed by atoms with van der Waals surface area (Å²) in [5.74, 6) is -1.69. The molecule has 228 valence electrons. The Morgan fingerprint density at radius 2 is 1.74 bits per heavy atom. The lowest BCUT2D eigenvalue weighted by molar-refractivity contribution is -0.177. The minimum Gasteiger partial charge on any atom is -0.496 e. The predicted molar refractivity (Wildman–Crippen MR) is 152 cm³/mol. The Bertz CT molecular complexity index is 1390. The molecule has 4 amide bonds. The number of amides is 4. The van der Waals surface area contributed by atoms with E-state index in [1.54, 1.807) is 19.2 Å². The van der Waals surface area contributed by atoms with Gasteiger partial charge in [0.25, 0.3) is 11.8 Å². The topological polar surface area (TPSA) is 144 Å². The van der Waals surface area contributed by atoms with E-state index in [9.17, 15) is 24.0 Å². The molecule has 5 rings (SSSR count). The number of fused-ring (bicyclic) bond motifs is 1. The maximum Gasteiger partial charge on any atom is 0.310 e. The van der Waals surface area contributed by atoms with Crippen LogP contribution in [0.2, 0.25) is 0 Å². The van der Waals surface area contributed by atoms with Crippen LogP contribution in [0.3, 0.4) is 0 Å². The van der Waals surface area contributed by atoms with Gasteiger partial charge in [0.2, 0.25) is 18.1 Å². The van der Waals surface area contributed by atoms with Gasteiger partial charge in [-0.15, -0.1) is 0 Å². The zero-order chi connectivity index (χ0) is 30.7. The van der Waals surface area contributed by atoms with Gasteiger partial charge in [0, 0.05) is 18.5 Å². The van der Waals surface area contributed by atoms with Crippen LogP contribution in [0.25, 0.3) is 0 Å². The van der Waals surface area contributed by atoms with E-state index >= 15 is 0 Å². The number of rotatable bonds is 8. The zero-order valence-electron chi connectivity index (χ0n) is 24.5. The molecule has 2 N–H and O–H groups in total. The van der Waals surface area contributed by atoms with Gasteiger partial charge >= 0.3 is 5.97 Å². The Morgan fingerprint density at radius 3 is 2.44 bits per heavy atom. The van der Waals surface area contributed by atoms with Crippen LogP contribution in [0.15, 0.2) is 42.5 Å². The summed E-state index contributed by atoms with van der Waals surface area (Å²) in [5, 5.41) is 8.09. The zero-order valence-corrected chi connectivity index (χ0v) is 24.5. The van der Waals surface area contributed by atoms with Gasteiger partial charge in [0.1, 0.15) is 23.9 Å². The van der Waals surface area contributed by atoms with Crippen molar-refractivity contribution in [1.82, 2.24) is 20.7 Å². The van der Waals surface area contributed by atoms with E-state index in [1.165, 1.54) is 10.0 Å². The van der Waals surface area contributed by atoms with Crippen LogP contribution in [-0.4, -0.2) is 77.7 Å². The van der Waals surface area contributed by atoms with Crippen molar-refractivity contribution in [2.24, 2.45) is 0 Å². The number of carbonyl (C=O) groups is 5. The van der Waals surface area contributed by atoms with Crippen LogP contribution in [-0.2, 0) is 35.3 Å². The van der Waals surface area contributed by atoms with Crippen molar-refractivity contribution in [1.29, 1.82) is 0 Å². The highest BCUT2D eigenvalue weighted by Crippen LogP contribution is 2.28. The monoisotopic (exact) mass is 592 g/mol. The summed E-state index contributed by atoms with van der Waals surface area (Å²) < 4.78 is 16.5. The van der Waals surface area contributed by atoms with Crippen molar-refractivity contribution in [3.8, 4) is 5.75 Å². The lowest BCUT2D eigenvalue weighted by atomic mass is 10.0. The van der Waals surface area contributed by atoms with Crippen molar-refractivity contribution >= 4 is 29.6 Å². The summed E-state index contributed by atoms with van der Waals surface area (Å²) in [4.78, 5) is 65.9. The molecule has 0 bridgehead atoms. The number of nitrogens with zero attached hydrogens (tertiary/aromatic N) is 2. The molecule has 0 saturated carbocycles. The molecular formula is C31H36N4O8. The fraction of sp³-hybridized carbons (Fsp3) is 0.452. The van der Waals surface area contributed by atoms with Crippen LogP contribution in [0, 0.1) is 13.8 Å². The predicted octanol–water partition coefficient (Wildman–Crippen LogP) is 1.91. The molecule has 0 aliphatic carbocycles. The summed E-state index contributed by atoms with van der Waals surface area (Å²) >= 11 is 0. The first kappa shape index (κ1) is 30.0. The number of aryl methyl sites for hydroxylation is 2. The Labute approximate surface area is 249 Å². The van der Waals surface area contributed by atoms with E-state index in [0.29, 0.717) is 24.2 Å². The summed E-state index contributed by atoms with van der Waals surface area (Å²) in [6, 6.07) is 9.90. The third-order valence-corrected chi connectivity index (χ3v) is 7.94. The van der Waals surface area contributed by atoms with Gasteiger partial charge in [-0.2, -0.15) is 0 Å². The van der Waals surface area contributed by atoms with Gasteiger partial charge in [-0.1, -0.05) is 30.3 Å².